The molecule has 2 saturated heterocycles. The number of hydrogen-bond donors (Lipinski definition) is 1. The topological polar surface area (TPSA) is 48.5 Å². The molecule has 2 fully saturated rings. The summed E-state index contributed by atoms with van der Waals surface area (Å²) < 4.78 is 0. The molecule has 5 heteroatoms. The number of piperidine rings is 1. The summed E-state index contributed by atoms with van der Waals surface area (Å²) in [6, 6.07) is 4.25. The van der Waals surface area contributed by atoms with E-state index in [9.17, 15) is 4.79 Å². The first-order chi connectivity index (χ1) is 9.83. The van der Waals surface area contributed by atoms with Gasteiger partial charge in [-0.25, -0.2) is 4.79 Å². The Kier molecular flexibility index (Phi) is 4.16. The van der Waals surface area contributed by atoms with Gasteiger partial charge in [0.2, 0.25) is 0 Å². The van der Waals surface area contributed by atoms with Crippen molar-refractivity contribution in [2.24, 2.45) is 0 Å². The molecule has 0 bridgehead atoms. The maximum absolute atomic E-state index is 12.3. The zero-order valence-electron chi connectivity index (χ0n) is 11.8. The molecule has 1 aromatic rings. The second kappa shape index (κ2) is 6.22. The monoisotopic (exact) mass is 274 g/mol. The molecule has 0 aromatic carbocycles. The first-order valence-electron chi connectivity index (χ1n) is 7.53. The number of aromatic nitrogens is 1. The maximum atomic E-state index is 12.3. The van der Waals surface area contributed by atoms with Crippen molar-refractivity contribution in [2.45, 2.75) is 31.7 Å². The summed E-state index contributed by atoms with van der Waals surface area (Å²) in [5.74, 6) is 0. The van der Waals surface area contributed by atoms with Crippen LogP contribution in [0.25, 0.3) is 0 Å². The van der Waals surface area contributed by atoms with Crippen LogP contribution in [-0.4, -0.2) is 53.0 Å². The van der Waals surface area contributed by atoms with Gasteiger partial charge in [0.15, 0.2) is 0 Å². The molecule has 1 atom stereocenters. The third-order valence-corrected chi connectivity index (χ3v) is 4.25. The predicted octanol–water partition coefficient (Wildman–Crippen LogP) is 2.17. The fourth-order valence-electron chi connectivity index (χ4n) is 3.18. The van der Waals surface area contributed by atoms with Crippen molar-refractivity contribution in [2.75, 3.05) is 31.5 Å². The Morgan fingerprint density at radius 1 is 1.25 bits per heavy atom. The fraction of sp³-hybridized carbons (Fsp3) is 0.600. The first kappa shape index (κ1) is 13.4. The minimum absolute atomic E-state index is 0.00176. The number of pyridine rings is 1. The smallest absolute Gasteiger partial charge is 0.321 e. The van der Waals surface area contributed by atoms with E-state index in [0.717, 1.165) is 25.2 Å². The molecule has 2 amide bonds. The van der Waals surface area contributed by atoms with Crippen LogP contribution in [-0.2, 0) is 0 Å². The Labute approximate surface area is 120 Å². The van der Waals surface area contributed by atoms with E-state index in [1.54, 1.807) is 12.4 Å². The highest BCUT2D eigenvalue weighted by Gasteiger charge is 2.29. The number of urea groups is 1. The third kappa shape index (κ3) is 3.10. The average Bonchev–Trinajstić information content (AvgIpc) is 3.03. The predicted molar refractivity (Wildman–Crippen MR) is 78.7 cm³/mol. The van der Waals surface area contributed by atoms with Gasteiger partial charge in [-0.05, 0) is 50.9 Å². The minimum Gasteiger partial charge on any atom is -0.323 e. The van der Waals surface area contributed by atoms with Crippen molar-refractivity contribution in [3.8, 4) is 0 Å². The molecule has 5 nitrogen and oxygen atoms in total. The summed E-state index contributed by atoms with van der Waals surface area (Å²) in [7, 11) is 0. The van der Waals surface area contributed by atoms with E-state index < -0.39 is 0 Å². The van der Waals surface area contributed by atoms with Gasteiger partial charge in [0.05, 0.1) is 11.9 Å². The lowest BCUT2D eigenvalue weighted by molar-refractivity contribution is 0.132. The molecule has 1 aromatic heterocycles. The summed E-state index contributed by atoms with van der Waals surface area (Å²) in [5.41, 5.74) is 0.765. The van der Waals surface area contributed by atoms with Gasteiger partial charge in [-0.2, -0.15) is 0 Å². The van der Waals surface area contributed by atoms with Crippen LogP contribution in [0.4, 0.5) is 10.5 Å². The molecule has 0 aliphatic carbocycles. The molecule has 3 rings (SSSR count). The molecule has 108 valence electrons. The number of likely N-dealkylation sites (tertiary alicyclic amines) is 2. The van der Waals surface area contributed by atoms with Crippen LogP contribution in [0.5, 0.6) is 0 Å². The normalized spacial score (nSPS) is 23.8. The number of carbonyl (C=O) groups excluding carboxylic acids is 1. The van der Waals surface area contributed by atoms with E-state index in [-0.39, 0.29) is 6.03 Å². The van der Waals surface area contributed by atoms with E-state index in [1.807, 2.05) is 17.0 Å². The van der Waals surface area contributed by atoms with Crippen molar-refractivity contribution >= 4 is 11.7 Å². The summed E-state index contributed by atoms with van der Waals surface area (Å²) in [6.45, 7) is 4.11. The van der Waals surface area contributed by atoms with Gasteiger partial charge in [0.1, 0.15) is 0 Å². The van der Waals surface area contributed by atoms with Crippen LogP contribution in [0, 0.1) is 0 Å². The first-order valence-corrected chi connectivity index (χ1v) is 7.53. The van der Waals surface area contributed by atoms with Crippen molar-refractivity contribution in [1.82, 2.24) is 14.8 Å². The number of nitrogens with zero attached hydrogens (tertiary/aromatic N) is 3. The second-order valence-corrected chi connectivity index (χ2v) is 5.66. The number of rotatable bonds is 2. The highest BCUT2D eigenvalue weighted by Crippen LogP contribution is 2.21. The van der Waals surface area contributed by atoms with Crippen molar-refractivity contribution in [1.29, 1.82) is 0 Å². The van der Waals surface area contributed by atoms with Gasteiger partial charge in [0, 0.05) is 25.3 Å². The SMILES string of the molecule is O=C(Nc1cccnc1)N1CCCC(N2CCCC2)C1. The van der Waals surface area contributed by atoms with Crippen LogP contribution in [0.3, 0.4) is 0 Å². The molecule has 0 radical (unpaired) electrons. The molecular formula is C15H22N4O. The minimum atomic E-state index is 0.00176. The molecule has 1 unspecified atom stereocenters. The number of nitrogens with one attached hydrogen (secondary N) is 1. The Bertz CT molecular complexity index is 444. The molecule has 3 heterocycles. The zero-order valence-corrected chi connectivity index (χ0v) is 11.8. The lowest BCUT2D eigenvalue weighted by Gasteiger charge is -2.37. The molecular weight excluding hydrogens is 252 g/mol. The van der Waals surface area contributed by atoms with Gasteiger partial charge in [-0.3, -0.25) is 9.88 Å². The largest absolute Gasteiger partial charge is 0.323 e. The van der Waals surface area contributed by atoms with Crippen LogP contribution >= 0.6 is 0 Å². The van der Waals surface area contributed by atoms with Crippen LogP contribution in [0.2, 0.25) is 0 Å². The van der Waals surface area contributed by atoms with E-state index in [0.29, 0.717) is 6.04 Å². The van der Waals surface area contributed by atoms with E-state index in [4.69, 9.17) is 0 Å². The average molecular weight is 274 g/mol. The quantitative estimate of drug-likeness (QED) is 0.899. The Morgan fingerprint density at radius 3 is 2.85 bits per heavy atom. The highest BCUT2D eigenvalue weighted by molar-refractivity contribution is 5.89. The van der Waals surface area contributed by atoms with Gasteiger partial charge < -0.3 is 10.2 Å². The summed E-state index contributed by atoms with van der Waals surface area (Å²) in [4.78, 5) is 20.8. The third-order valence-electron chi connectivity index (χ3n) is 4.25. The zero-order chi connectivity index (χ0) is 13.8. The maximum Gasteiger partial charge on any atom is 0.321 e. The number of hydrogen-bond acceptors (Lipinski definition) is 3. The lowest BCUT2D eigenvalue weighted by atomic mass is 10.0. The second-order valence-electron chi connectivity index (χ2n) is 5.66. The molecule has 2 aliphatic rings. The van der Waals surface area contributed by atoms with Crippen molar-refractivity contribution in [3.05, 3.63) is 24.5 Å². The molecule has 0 spiro atoms. The van der Waals surface area contributed by atoms with E-state index in [1.165, 1.54) is 32.4 Å². The Balaban J connectivity index is 1.57. The van der Waals surface area contributed by atoms with Gasteiger partial charge >= 0.3 is 6.03 Å². The summed E-state index contributed by atoms with van der Waals surface area (Å²) >= 11 is 0. The molecule has 2 aliphatic heterocycles. The van der Waals surface area contributed by atoms with Crippen molar-refractivity contribution in [3.63, 3.8) is 0 Å². The van der Waals surface area contributed by atoms with Crippen LogP contribution in [0.15, 0.2) is 24.5 Å². The Hall–Kier alpha value is -1.62. The molecule has 1 N–H and O–H groups in total. The number of amides is 2. The number of carbonyl (C=O) groups is 1. The van der Waals surface area contributed by atoms with Gasteiger partial charge in [0.25, 0.3) is 0 Å². The van der Waals surface area contributed by atoms with E-state index >= 15 is 0 Å². The van der Waals surface area contributed by atoms with Gasteiger partial charge in [-0.15, -0.1) is 0 Å². The molecule has 0 saturated carbocycles. The van der Waals surface area contributed by atoms with E-state index in [2.05, 4.69) is 15.2 Å². The summed E-state index contributed by atoms with van der Waals surface area (Å²) in [6.07, 6.45) is 8.31. The lowest BCUT2D eigenvalue weighted by Crippen LogP contribution is -2.50. The van der Waals surface area contributed by atoms with Crippen molar-refractivity contribution < 1.29 is 4.79 Å². The summed E-state index contributed by atoms with van der Waals surface area (Å²) in [5, 5.41) is 2.93. The molecule has 20 heavy (non-hydrogen) atoms. The standard InChI is InChI=1S/C15H22N4O/c20-15(17-13-5-3-7-16-11-13)19-10-4-6-14(12-19)18-8-1-2-9-18/h3,5,7,11,14H,1-2,4,6,8-10,12H2,(H,17,20). The Morgan fingerprint density at radius 2 is 2.10 bits per heavy atom. The highest BCUT2D eigenvalue weighted by atomic mass is 16.2. The van der Waals surface area contributed by atoms with Gasteiger partial charge in [-0.1, -0.05) is 0 Å². The fourth-order valence-corrected chi connectivity index (χ4v) is 3.18. The number of anilines is 1. The van der Waals surface area contributed by atoms with Crippen LogP contribution in [0.1, 0.15) is 25.7 Å². The van der Waals surface area contributed by atoms with Crippen LogP contribution < -0.4 is 5.32 Å².